The van der Waals surface area contributed by atoms with Crippen LogP contribution in [0.5, 0.6) is 5.88 Å². The van der Waals surface area contributed by atoms with Gasteiger partial charge in [-0.15, -0.1) is 0 Å². The van der Waals surface area contributed by atoms with Gasteiger partial charge in [0.15, 0.2) is 0 Å². The lowest BCUT2D eigenvalue weighted by Gasteiger charge is -2.36. The van der Waals surface area contributed by atoms with E-state index in [2.05, 4.69) is 32.4 Å². The third-order valence-electron chi connectivity index (χ3n) is 6.84. The Kier molecular flexibility index (Phi) is 6.64. The molecule has 3 aromatic rings. The number of nitrogens with zero attached hydrogens (tertiary/aromatic N) is 5. The second-order valence-corrected chi connectivity index (χ2v) is 8.90. The molecule has 0 saturated carbocycles. The summed E-state index contributed by atoms with van der Waals surface area (Å²) in [5.41, 5.74) is 2.77. The van der Waals surface area contributed by atoms with Gasteiger partial charge in [0.1, 0.15) is 12.4 Å². The molecule has 0 unspecified atom stereocenters. The maximum absolute atomic E-state index is 13.8. The Morgan fingerprint density at radius 3 is 2.76 bits per heavy atom. The Bertz CT molecular complexity index is 1060. The normalized spacial score (nSPS) is 20.4. The van der Waals surface area contributed by atoms with Crippen LogP contribution in [-0.4, -0.2) is 50.2 Å². The summed E-state index contributed by atoms with van der Waals surface area (Å²) in [4.78, 5) is 15.4. The number of rotatable bonds is 8. The monoisotopic (exact) mass is 451 g/mol. The molecule has 0 spiro atoms. The minimum absolute atomic E-state index is 0.139. The standard InChI is InChI=1S/C25H30FN5O2/c1-18(24-14-28-17-31(24)15-21-8-12-32-21)30-10-6-19(7-11-30)23-3-2-4-25(29-23)33-16-20-5-9-27-13-22(20)26/h2-5,9,13-14,17-19,21H,6-8,10-12,15-16H2,1H3/t18-,21-/m0/s1. The van der Waals surface area contributed by atoms with Crippen molar-refractivity contribution in [1.29, 1.82) is 0 Å². The second kappa shape index (κ2) is 9.97. The molecule has 2 saturated heterocycles. The van der Waals surface area contributed by atoms with Crippen molar-refractivity contribution in [2.24, 2.45) is 0 Å². The van der Waals surface area contributed by atoms with Crippen LogP contribution in [0.4, 0.5) is 4.39 Å². The predicted molar refractivity (Wildman–Crippen MR) is 121 cm³/mol. The molecule has 174 valence electrons. The molecule has 0 N–H and O–H groups in total. The molecule has 2 aliphatic rings. The maximum Gasteiger partial charge on any atom is 0.213 e. The zero-order chi connectivity index (χ0) is 22.6. The topological polar surface area (TPSA) is 65.3 Å². The van der Waals surface area contributed by atoms with Crippen molar-refractivity contribution in [2.45, 2.75) is 57.4 Å². The summed E-state index contributed by atoms with van der Waals surface area (Å²) in [5, 5.41) is 0. The van der Waals surface area contributed by atoms with Gasteiger partial charge in [-0.2, -0.15) is 0 Å². The van der Waals surface area contributed by atoms with Crippen molar-refractivity contribution in [3.05, 3.63) is 72.0 Å². The Morgan fingerprint density at radius 1 is 1.15 bits per heavy atom. The second-order valence-electron chi connectivity index (χ2n) is 8.90. The summed E-state index contributed by atoms with van der Waals surface area (Å²) in [6, 6.07) is 7.80. The molecule has 5 heterocycles. The molecule has 0 amide bonds. The first kappa shape index (κ1) is 22.0. The van der Waals surface area contributed by atoms with Crippen molar-refractivity contribution in [2.75, 3.05) is 19.7 Å². The molecule has 0 aromatic carbocycles. The van der Waals surface area contributed by atoms with Gasteiger partial charge in [-0.25, -0.2) is 14.4 Å². The first-order chi connectivity index (χ1) is 16.2. The van der Waals surface area contributed by atoms with Crippen LogP contribution in [0.3, 0.4) is 0 Å². The number of ether oxygens (including phenoxy) is 2. The molecule has 3 aromatic heterocycles. The molecule has 2 aliphatic heterocycles. The molecule has 2 atom stereocenters. The van der Waals surface area contributed by atoms with Crippen LogP contribution in [0, 0.1) is 5.82 Å². The number of aromatic nitrogens is 4. The van der Waals surface area contributed by atoms with E-state index in [-0.39, 0.29) is 12.4 Å². The zero-order valence-electron chi connectivity index (χ0n) is 18.9. The molecule has 5 rings (SSSR count). The molecule has 0 aliphatic carbocycles. The van der Waals surface area contributed by atoms with Crippen molar-refractivity contribution in [3.63, 3.8) is 0 Å². The quantitative estimate of drug-likeness (QED) is 0.513. The summed E-state index contributed by atoms with van der Waals surface area (Å²) in [6.07, 6.45) is 10.2. The fourth-order valence-corrected chi connectivity index (χ4v) is 4.66. The third kappa shape index (κ3) is 5.07. The summed E-state index contributed by atoms with van der Waals surface area (Å²) < 4.78 is 27.4. The lowest BCUT2D eigenvalue weighted by atomic mass is 9.92. The van der Waals surface area contributed by atoms with Gasteiger partial charge in [-0.1, -0.05) is 6.07 Å². The summed E-state index contributed by atoms with van der Waals surface area (Å²) in [6.45, 7) is 6.17. The molecule has 2 fully saturated rings. The van der Waals surface area contributed by atoms with Crippen LogP contribution >= 0.6 is 0 Å². The Hall–Kier alpha value is -2.84. The van der Waals surface area contributed by atoms with Gasteiger partial charge in [0.25, 0.3) is 0 Å². The van der Waals surface area contributed by atoms with Gasteiger partial charge in [0, 0.05) is 48.3 Å². The molecule has 0 bridgehead atoms. The first-order valence-electron chi connectivity index (χ1n) is 11.7. The lowest BCUT2D eigenvalue weighted by Crippen LogP contribution is -2.37. The zero-order valence-corrected chi connectivity index (χ0v) is 18.9. The highest BCUT2D eigenvalue weighted by molar-refractivity contribution is 5.20. The van der Waals surface area contributed by atoms with E-state index in [1.165, 1.54) is 11.9 Å². The van der Waals surface area contributed by atoms with Crippen LogP contribution in [0.15, 0.2) is 49.2 Å². The van der Waals surface area contributed by atoms with Crippen LogP contribution in [-0.2, 0) is 17.9 Å². The van der Waals surface area contributed by atoms with Gasteiger partial charge in [0.05, 0.1) is 30.9 Å². The highest BCUT2D eigenvalue weighted by Gasteiger charge is 2.28. The number of piperidine rings is 1. The number of hydrogen-bond donors (Lipinski definition) is 0. The van der Waals surface area contributed by atoms with E-state index in [0.717, 1.165) is 51.2 Å². The summed E-state index contributed by atoms with van der Waals surface area (Å²) in [7, 11) is 0. The van der Waals surface area contributed by atoms with E-state index < -0.39 is 0 Å². The Balaban J connectivity index is 1.17. The number of halogens is 1. The van der Waals surface area contributed by atoms with Crippen LogP contribution in [0.2, 0.25) is 0 Å². The first-order valence-corrected chi connectivity index (χ1v) is 11.7. The van der Waals surface area contributed by atoms with E-state index in [4.69, 9.17) is 14.5 Å². The van der Waals surface area contributed by atoms with Gasteiger partial charge >= 0.3 is 0 Å². The Morgan fingerprint density at radius 2 is 2.00 bits per heavy atom. The minimum atomic E-state index is -0.364. The molecular weight excluding hydrogens is 421 g/mol. The van der Waals surface area contributed by atoms with Crippen LogP contribution < -0.4 is 4.74 Å². The van der Waals surface area contributed by atoms with E-state index >= 15 is 0 Å². The molecular formula is C25H30FN5O2. The average Bonchev–Trinajstić information content (AvgIpc) is 3.29. The van der Waals surface area contributed by atoms with E-state index in [1.54, 1.807) is 12.3 Å². The smallest absolute Gasteiger partial charge is 0.213 e. The summed E-state index contributed by atoms with van der Waals surface area (Å²) in [5.74, 6) is 0.557. The van der Waals surface area contributed by atoms with Gasteiger partial charge in [-0.05, 0) is 51.4 Å². The van der Waals surface area contributed by atoms with E-state index in [1.807, 2.05) is 24.7 Å². The molecule has 33 heavy (non-hydrogen) atoms. The highest BCUT2D eigenvalue weighted by atomic mass is 19.1. The van der Waals surface area contributed by atoms with Crippen molar-refractivity contribution >= 4 is 0 Å². The summed E-state index contributed by atoms with van der Waals surface area (Å²) >= 11 is 0. The SMILES string of the molecule is C[C@@H](c1cncn1C[C@@H]1CCO1)N1CCC(c2cccc(OCc3ccncc3F)n2)CC1. The third-order valence-corrected chi connectivity index (χ3v) is 6.84. The largest absolute Gasteiger partial charge is 0.473 e. The van der Waals surface area contributed by atoms with Crippen LogP contribution in [0.25, 0.3) is 0 Å². The number of pyridine rings is 2. The molecule has 0 radical (unpaired) electrons. The molecule has 8 heteroatoms. The number of likely N-dealkylation sites (tertiary alicyclic amines) is 1. The van der Waals surface area contributed by atoms with Crippen molar-refractivity contribution < 1.29 is 13.9 Å². The van der Waals surface area contributed by atoms with Gasteiger partial charge in [-0.3, -0.25) is 9.88 Å². The maximum atomic E-state index is 13.8. The number of imidazole rings is 1. The average molecular weight is 452 g/mol. The van der Waals surface area contributed by atoms with E-state index in [9.17, 15) is 4.39 Å². The predicted octanol–water partition coefficient (Wildman–Crippen LogP) is 4.12. The molecule has 7 nitrogen and oxygen atoms in total. The fraction of sp³-hybridized carbons (Fsp3) is 0.480. The number of hydrogen-bond acceptors (Lipinski definition) is 6. The lowest BCUT2D eigenvalue weighted by molar-refractivity contribution is -0.0599. The Labute approximate surface area is 193 Å². The van der Waals surface area contributed by atoms with Crippen molar-refractivity contribution in [1.82, 2.24) is 24.4 Å². The van der Waals surface area contributed by atoms with Crippen LogP contribution in [0.1, 0.15) is 55.1 Å². The fourth-order valence-electron chi connectivity index (χ4n) is 4.66. The van der Waals surface area contributed by atoms with Gasteiger partial charge in [0.2, 0.25) is 5.88 Å². The van der Waals surface area contributed by atoms with Crippen molar-refractivity contribution in [3.8, 4) is 5.88 Å². The van der Waals surface area contributed by atoms with E-state index in [0.29, 0.717) is 29.5 Å². The van der Waals surface area contributed by atoms with Gasteiger partial charge < -0.3 is 14.0 Å². The highest BCUT2D eigenvalue weighted by Crippen LogP contribution is 2.32. The minimum Gasteiger partial charge on any atom is -0.473 e.